The monoisotopic (exact) mass is 264 g/mol. The summed E-state index contributed by atoms with van der Waals surface area (Å²) in [5.41, 5.74) is 1.63. The molecule has 1 aromatic carbocycles. The summed E-state index contributed by atoms with van der Waals surface area (Å²) in [6, 6.07) is 6.66. The van der Waals surface area contributed by atoms with Crippen LogP contribution in [0, 0.1) is 0 Å². The second-order valence-electron chi connectivity index (χ2n) is 3.61. The molecule has 0 saturated heterocycles. The Morgan fingerprint density at radius 1 is 1.17 bits per heavy atom. The van der Waals surface area contributed by atoms with Crippen molar-refractivity contribution in [3.05, 3.63) is 34.5 Å². The van der Waals surface area contributed by atoms with Crippen molar-refractivity contribution >= 4 is 17.3 Å². The molecule has 0 fully saturated rings. The third-order valence-corrected chi connectivity index (χ3v) is 3.36. The number of thiophene rings is 1. The molecule has 0 saturated carbocycles. The minimum Gasteiger partial charge on any atom is -0.508 e. The molecular formula is C13H12O4S. The van der Waals surface area contributed by atoms with Gasteiger partial charge >= 0.3 is 5.97 Å². The van der Waals surface area contributed by atoms with E-state index in [1.165, 1.54) is 31.6 Å². The number of carbonyl (C=O) groups excluding carboxylic acids is 1. The Labute approximate surface area is 108 Å². The summed E-state index contributed by atoms with van der Waals surface area (Å²) >= 11 is 1.30. The molecule has 18 heavy (non-hydrogen) atoms. The molecular weight excluding hydrogens is 252 g/mol. The number of phenols is 1. The Bertz CT molecular complexity index is 574. The van der Waals surface area contributed by atoms with Crippen molar-refractivity contribution in [2.75, 3.05) is 14.2 Å². The van der Waals surface area contributed by atoms with E-state index in [4.69, 9.17) is 4.74 Å². The molecule has 0 amide bonds. The van der Waals surface area contributed by atoms with E-state index in [1.807, 2.05) is 5.38 Å². The summed E-state index contributed by atoms with van der Waals surface area (Å²) < 4.78 is 9.74. The average molecular weight is 264 g/mol. The van der Waals surface area contributed by atoms with Gasteiger partial charge in [-0.15, -0.1) is 11.3 Å². The maximum Gasteiger partial charge on any atom is 0.348 e. The molecule has 4 nitrogen and oxygen atoms in total. The van der Waals surface area contributed by atoms with Gasteiger partial charge in [-0.3, -0.25) is 0 Å². The van der Waals surface area contributed by atoms with E-state index < -0.39 is 0 Å². The molecule has 5 heteroatoms. The lowest BCUT2D eigenvalue weighted by molar-refractivity contribution is 0.0606. The molecule has 1 heterocycles. The van der Waals surface area contributed by atoms with E-state index in [1.54, 1.807) is 18.2 Å². The zero-order chi connectivity index (χ0) is 13.1. The van der Waals surface area contributed by atoms with Crippen molar-refractivity contribution in [3.8, 4) is 22.6 Å². The second kappa shape index (κ2) is 5.10. The molecule has 1 aromatic heterocycles. The number of rotatable bonds is 3. The third-order valence-electron chi connectivity index (χ3n) is 2.45. The minimum absolute atomic E-state index is 0.121. The van der Waals surface area contributed by atoms with Crippen molar-refractivity contribution in [1.82, 2.24) is 0 Å². The number of ether oxygens (including phenoxy) is 2. The second-order valence-corrected chi connectivity index (χ2v) is 4.52. The highest BCUT2D eigenvalue weighted by atomic mass is 32.1. The van der Waals surface area contributed by atoms with E-state index in [0.717, 1.165) is 11.1 Å². The fraction of sp³-hybridized carbons (Fsp3) is 0.154. The van der Waals surface area contributed by atoms with Crippen LogP contribution in [0.25, 0.3) is 11.1 Å². The number of aromatic hydroxyl groups is 1. The van der Waals surface area contributed by atoms with Gasteiger partial charge in [0.25, 0.3) is 0 Å². The summed E-state index contributed by atoms with van der Waals surface area (Å²) in [6.07, 6.45) is 0. The lowest BCUT2D eigenvalue weighted by atomic mass is 10.1. The van der Waals surface area contributed by atoms with Gasteiger partial charge < -0.3 is 14.6 Å². The summed E-state index contributed by atoms with van der Waals surface area (Å²) in [5.74, 6) is 0.323. The van der Waals surface area contributed by atoms with Crippen LogP contribution in [0.2, 0.25) is 0 Å². The fourth-order valence-electron chi connectivity index (χ4n) is 1.56. The normalized spacial score (nSPS) is 10.1. The summed E-state index contributed by atoms with van der Waals surface area (Å²) in [7, 11) is 2.88. The number of hydrogen-bond donors (Lipinski definition) is 1. The van der Waals surface area contributed by atoms with Crippen LogP contribution in [0.5, 0.6) is 11.5 Å². The molecule has 0 bridgehead atoms. The Morgan fingerprint density at radius 3 is 2.61 bits per heavy atom. The lowest BCUT2D eigenvalue weighted by Crippen LogP contribution is -1.96. The molecule has 0 aliphatic heterocycles. The first-order chi connectivity index (χ1) is 8.63. The number of esters is 1. The van der Waals surface area contributed by atoms with Gasteiger partial charge in [-0.05, 0) is 34.7 Å². The Morgan fingerprint density at radius 2 is 1.94 bits per heavy atom. The summed E-state index contributed by atoms with van der Waals surface area (Å²) in [5, 5.41) is 11.4. The van der Waals surface area contributed by atoms with Crippen LogP contribution in [0.4, 0.5) is 0 Å². The standard InChI is InChI=1S/C13H12O4S/c1-16-11-4-8(3-10(14)6-11)9-5-12(18-7-9)13(15)17-2/h3-7,14H,1-2H3. The SMILES string of the molecule is COC(=O)c1cc(-c2cc(O)cc(OC)c2)cs1. The predicted octanol–water partition coefficient (Wildman–Crippen LogP) is 2.92. The van der Waals surface area contributed by atoms with Crippen LogP contribution in [-0.4, -0.2) is 25.3 Å². The number of methoxy groups -OCH3 is 2. The summed E-state index contributed by atoms with van der Waals surface area (Å²) in [4.78, 5) is 11.9. The molecule has 0 spiro atoms. The minimum atomic E-state index is -0.363. The van der Waals surface area contributed by atoms with Crippen LogP contribution in [0.1, 0.15) is 9.67 Å². The van der Waals surface area contributed by atoms with Crippen molar-refractivity contribution < 1.29 is 19.4 Å². The quantitative estimate of drug-likeness (QED) is 0.866. The van der Waals surface area contributed by atoms with E-state index >= 15 is 0 Å². The molecule has 0 aliphatic rings. The van der Waals surface area contributed by atoms with Crippen molar-refractivity contribution in [3.63, 3.8) is 0 Å². The van der Waals surface area contributed by atoms with Gasteiger partial charge in [-0.1, -0.05) is 0 Å². The van der Waals surface area contributed by atoms with Gasteiger partial charge in [0, 0.05) is 6.07 Å². The first kappa shape index (κ1) is 12.4. The number of benzene rings is 1. The molecule has 2 rings (SSSR count). The van der Waals surface area contributed by atoms with E-state index in [0.29, 0.717) is 10.6 Å². The first-order valence-electron chi connectivity index (χ1n) is 5.19. The van der Waals surface area contributed by atoms with Gasteiger partial charge in [0.2, 0.25) is 0 Å². The highest BCUT2D eigenvalue weighted by Crippen LogP contribution is 2.32. The van der Waals surface area contributed by atoms with Gasteiger partial charge in [0.15, 0.2) is 0 Å². The molecule has 0 unspecified atom stereocenters. The van der Waals surface area contributed by atoms with Crippen LogP contribution in [0.3, 0.4) is 0 Å². The van der Waals surface area contributed by atoms with Crippen molar-refractivity contribution in [1.29, 1.82) is 0 Å². The molecule has 0 atom stereocenters. The highest BCUT2D eigenvalue weighted by molar-refractivity contribution is 7.12. The van der Waals surface area contributed by atoms with Crippen LogP contribution in [-0.2, 0) is 4.74 Å². The molecule has 94 valence electrons. The molecule has 2 aromatic rings. The third kappa shape index (κ3) is 2.46. The zero-order valence-electron chi connectivity index (χ0n) is 9.97. The van der Waals surface area contributed by atoms with Crippen LogP contribution < -0.4 is 4.74 Å². The van der Waals surface area contributed by atoms with Crippen LogP contribution in [0.15, 0.2) is 29.6 Å². The topological polar surface area (TPSA) is 55.8 Å². The lowest BCUT2D eigenvalue weighted by Gasteiger charge is -2.04. The molecule has 1 N–H and O–H groups in total. The van der Waals surface area contributed by atoms with Gasteiger partial charge in [-0.2, -0.15) is 0 Å². The highest BCUT2D eigenvalue weighted by Gasteiger charge is 2.11. The predicted molar refractivity (Wildman–Crippen MR) is 69.3 cm³/mol. The molecule has 0 aliphatic carbocycles. The average Bonchev–Trinajstić information content (AvgIpc) is 2.86. The maximum absolute atomic E-state index is 11.4. The van der Waals surface area contributed by atoms with Crippen molar-refractivity contribution in [2.24, 2.45) is 0 Å². The smallest absolute Gasteiger partial charge is 0.348 e. The number of hydrogen-bond acceptors (Lipinski definition) is 5. The summed E-state index contributed by atoms with van der Waals surface area (Å²) in [6.45, 7) is 0. The Kier molecular flexibility index (Phi) is 3.53. The van der Waals surface area contributed by atoms with Gasteiger partial charge in [-0.25, -0.2) is 4.79 Å². The van der Waals surface area contributed by atoms with Gasteiger partial charge in [0.1, 0.15) is 16.4 Å². The number of carbonyl (C=O) groups is 1. The van der Waals surface area contributed by atoms with Crippen molar-refractivity contribution in [2.45, 2.75) is 0 Å². The Balaban J connectivity index is 2.39. The molecule has 0 radical (unpaired) electrons. The fourth-order valence-corrected chi connectivity index (χ4v) is 2.40. The maximum atomic E-state index is 11.4. The van der Waals surface area contributed by atoms with E-state index in [2.05, 4.69) is 4.74 Å². The van der Waals surface area contributed by atoms with E-state index in [-0.39, 0.29) is 11.7 Å². The zero-order valence-corrected chi connectivity index (χ0v) is 10.8. The Hall–Kier alpha value is -2.01. The van der Waals surface area contributed by atoms with Gasteiger partial charge in [0.05, 0.1) is 14.2 Å². The largest absolute Gasteiger partial charge is 0.508 e. The van der Waals surface area contributed by atoms with Crippen LogP contribution >= 0.6 is 11.3 Å². The van der Waals surface area contributed by atoms with E-state index in [9.17, 15) is 9.90 Å². The first-order valence-corrected chi connectivity index (χ1v) is 6.07. The number of phenolic OH excluding ortho intramolecular Hbond substituents is 1.